The Balaban J connectivity index is 2.70. The monoisotopic (exact) mass is 270 g/mol. The fourth-order valence-corrected chi connectivity index (χ4v) is 1.59. The molecule has 0 fully saturated rings. The lowest BCUT2D eigenvalue weighted by atomic mass is 10.2. The van der Waals surface area contributed by atoms with Gasteiger partial charge in [0.1, 0.15) is 0 Å². The van der Waals surface area contributed by atoms with Crippen LogP contribution in [-0.4, -0.2) is 23.7 Å². The SMILES string of the molecule is CCCCNC(=O)Nc1cccc(C(=O)O)c1Cl. The lowest BCUT2D eigenvalue weighted by molar-refractivity contribution is 0.0697. The lowest BCUT2D eigenvalue weighted by Crippen LogP contribution is -2.29. The van der Waals surface area contributed by atoms with Crippen molar-refractivity contribution >= 4 is 29.3 Å². The van der Waals surface area contributed by atoms with E-state index in [0.717, 1.165) is 12.8 Å². The number of hydrogen-bond donors (Lipinski definition) is 3. The molecule has 98 valence electrons. The number of carboxylic acids is 1. The first-order chi connectivity index (χ1) is 8.56. The van der Waals surface area contributed by atoms with Gasteiger partial charge in [-0.25, -0.2) is 9.59 Å². The number of benzene rings is 1. The van der Waals surface area contributed by atoms with Gasteiger partial charge in [0, 0.05) is 6.54 Å². The van der Waals surface area contributed by atoms with Crippen LogP contribution >= 0.6 is 11.6 Å². The summed E-state index contributed by atoms with van der Waals surface area (Å²) in [5, 5.41) is 14.1. The smallest absolute Gasteiger partial charge is 0.337 e. The summed E-state index contributed by atoms with van der Waals surface area (Å²) >= 11 is 5.89. The van der Waals surface area contributed by atoms with Crippen molar-refractivity contribution in [2.75, 3.05) is 11.9 Å². The molecule has 1 aromatic carbocycles. The molecule has 1 rings (SSSR count). The second-order valence-electron chi connectivity index (χ2n) is 3.71. The molecule has 0 radical (unpaired) electrons. The van der Waals surface area contributed by atoms with E-state index in [9.17, 15) is 9.59 Å². The number of carbonyl (C=O) groups excluding carboxylic acids is 1. The first kappa shape index (κ1) is 14.3. The molecular weight excluding hydrogens is 256 g/mol. The van der Waals surface area contributed by atoms with Gasteiger partial charge in [-0.05, 0) is 18.6 Å². The van der Waals surface area contributed by atoms with Gasteiger partial charge in [0.2, 0.25) is 0 Å². The second-order valence-corrected chi connectivity index (χ2v) is 4.08. The van der Waals surface area contributed by atoms with Crippen molar-refractivity contribution < 1.29 is 14.7 Å². The van der Waals surface area contributed by atoms with E-state index in [2.05, 4.69) is 10.6 Å². The maximum atomic E-state index is 11.5. The zero-order valence-corrected chi connectivity index (χ0v) is 10.8. The molecule has 0 saturated carbocycles. The molecule has 0 bridgehead atoms. The van der Waals surface area contributed by atoms with E-state index < -0.39 is 12.0 Å². The summed E-state index contributed by atoms with van der Waals surface area (Å²) < 4.78 is 0. The van der Waals surface area contributed by atoms with Crippen molar-refractivity contribution in [3.63, 3.8) is 0 Å². The van der Waals surface area contributed by atoms with Crippen LogP contribution in [0.25, 0.3) is 0 Å². The average Bonchev–Trinajstić information content (AvgIpc) is 2.32. The standard InChI is InChI=1S/C12H15ClN2O3/c1-2-3-7-14-12(18)15-9-6-4-5-8(10(9)13)11(16)17/h4-6H,2-3,7H2,1H3,(H,16,17)(H2,14,15,18). The highest BCUT2D eigenvalue weighted by atomic mass is 35.5. The Morgan fingerprint density at radius 3 is 2.72 bits per heavy atom. The van der Waals surface area contributed by atoms with Crippen LogP contribution < -0.4 is 10.6 Å². The minimum absolute atomic E-state index is 0.0237. The van der Waals surface area contributed by atoms with Gasteiger partial charge in [-0.15, -0.1) is 0 Å². The average molecular weight is 271 g/mol. The maximum Gasteiger partial charge on any atom is 0.337 e. The van der Waals surface area contributed by atoms with Gasteiger partial charge in [0.25, 0.3) is 0 Å². The number of carboxylic acid groups (broad SMARTS) is 1. The van der Waals surface area contributed by atoms with E-state index >= 15 is 0 Å². The molecular formula is C12H15ClN2O3. The van der Waals surface area contributed by atoms with Crippen molar-refractivity contribution in [2.45, 2.75) is 19.8 Å². The molecule has 18 heavy (non-hydrogen) atoms. The maximum absolute atomic E-state index is 11.5. The number of amides is 2. The van der Waals surface area contributed by atoms with Gasteiger partial charge >= 0.3 is 12.0 Å². The highest BCUT2D eigenvalue weighted by Gasteiger charge is 2.13. The first-order valence-electron chi connectivity index (χ1n) is 5.63. The van der Waals surface area contributed by atoms with E-state index in [0.29, 0.717) is 6.54 Å². The molecule has 0 unspecified atom stereocenters. The van der Waals surface area contributed by atoms with E-state index in [1.807, 2.05) is 6.92 Å². The predicted molar refractivity (Wildman–Crippen MR) is 70.3 cm³/mol. The molecule has 3 N–H and O–H groups in total. The van der Waals surface area contributed by atoms with Gasteiger partial charge < -0.3 is 15.7 Å². The highest BCUT2D eigenvalue weighted by molar-refractivity contribution is 6.36. The number of hydrogen-bond acceptors (Lipinski definition) is 2. The fraction of sp³-hybridized carbons (Fsp3) is 0.333. The minimum atomic E-state index is -1.13. The van der Waals surface area contributed by atoms with Crippen LogP contribution in [-0.2, 0) is 0 Å². The van der Waals surface area contributed by atoms with Crippen molar-refractivity contribution in [1.29, 1.82) is 0 Å². The minimum Gasteiger partial charge on any atom is -0.478 e. The summed E-state index contributed by atoms with van der Waals surface area (Å²) in [5.41, 5.74) is 0.244. The number of halogens is 1. The number of nitrogens with one attached hydrogen (secondary N) is 2. The molecule has 0 aromatic heterocycles. The Labute approximate surface area is 110 Å². The third kappa shape index (κ3) is 3.92. The summed E-state index contributed by atoms with van der Waals surface area (Å²) in [6, 6.07) is 4.06. The van der Waals surface area contributed by atoms with E-state index in [-0.39, 0.29) is 16.3 Å². The molecule has 0 spiro atoms. The van der Waals surface area contributed by atoms with Gasteiger partial charge in [-0.2, -0.15) is 0 Å². The van der Waals surface area contributed by atoms with Crippen LogP contribution in [0.15, 0.2) is 18.2 Å². The van der Waals surface area contributed by atoms with Crippen LogP contribution in [0.2, 0.25) is 5.02 Å². The van der Waals surface area contributed by atoms with E-state index in [1.54, 1.807) is 6.07 Å². The van der Waals surface area contributed by atoms with Crippen LogP contribution in [0.3, 0.4) is 0 Å². The van der Waals surface area contributed by atoms with Crippen molar-refractivity contribution in [3.8, 4) is 0 Å². The fourth-order valence-electron chi connectivity index (χ4n) is 1.34. The van der Waals surface area contributed by atoms with Crippen LogP contribution in [0.1, 0.15) is 30.1 Å². The third-order valence-corrected chi connectivity index (χ3v) is 2.70. The molecule has 0 saturated heterocycles. The molecule has 0 heterocycles. The molecule has 5 nitrogen and oxygen atoms in total. The van der Waals surface area contributed by atoms with E-state index in [4.69, 9.17) is 16.7 Å². The van der Waals surface area contributed by atoms with Gasteiger partial charge in [0.15, 0.2) is 0 Å². The lowest BCUT2D eigenvalue weighted by Gasteiger charge is -2.09. The van der Waals surface area contributed by atoms with Crippen molar-refractivity contribution in [2.24, 2.45) is 0 Å². The Morgan fingerprint density at radius 1 is 1.39 bits per heavy atom. The summed E-state index contributed by atoms with van der Waals surface area (Å²) in [7, 11) is 0. The quantitative estimate of drug-likeness (QED) is 0.720. The van der Waals surface area contributed by atoms with Crippen molar-refractivity contribution in [1.82, 2.24) is 5.32 Å². The number of urea groups is 1. The zero-order chi connectivity index (χ0) is 13.5. The first-order valence-corrected chi connectivity index (χ1v) is 6.00. The largest absolute Gasteiger partial charge is 0.478 e. The summed E-state index contributed by atoms with van der Waals surface area (Å²) in [6.45, 7) is 2.59. The Morgan fingerprint density at radius 2 is 2.11 bits per heavy atom. The van der Waals surface area contributed by atoms with E-state index in [1.165, 1.54) is 12.1 Å². The highest BCUT2D eigenvalue weighted by Crippen LogP contribution is 2.25. The Bertz CT molecular complexity index is 449. The van der Waals surface area contributed by atoms with Gasteiger partial charge in [-0.3, -0.25) is 0 Å². The third-order valence-electron chi connectivity index (χ3n) is 2.29. The second kappa shape index (κ2) is 6.86. The van der Waals surface area contributed by atoms with Crippen molar-refractivity contribution in [3.05, 3.63) is 28.8 Å². The molecule has 2 amide bonds. The van der Waals surface area contributed by atoms with Crippen LogP contribution in [0, 0.1) is 0 Å². The summed E-state index contributed by atoms with van der Waals surface area (Å²) in [6.07, 6.45) is 1.87. The molecule has 0 aliphatic heterocycles. The molecule has 0 atom stereocenters. The number of anilines is 1. The topological polar surface area (TPSA) is 78.4 Å². The Kier molecular flexibility index (Phi) is 5.45. The normalized spacial score (nSPS) is 9.89. The van der Waals surface area contributed by atoms with Crippen LogP contribution in [0.5, 0.6) is 0 Å². The van der Waals surface area contributed by atoms with Crippen LogP contribution in [0.4, 0.5) is 10.5 Å². The molecule has 0 aliphatic rings. The Hall–Kier alpha value is -1.75. The number of aromatic carboxylic acids is 1. The number of carbonyl (C=O) groups is 2. The zero-order valence-electron chi connectivity index (χ0n) is 10.00. The van der Waals surface area contributed by atoms with Gasteiger partial charge in [0.05, 0.1) is 16.3 Å². The molecule has 1 aromatic rings. The number of rotatable bonds is 5. The summed E-state index contributed by atoms with van der Waals surface area (Å²) in [5.74, 6) is -1.13. The number of unbranched alkanes of at least 4 members (excludes halogenated alkanes) is 1. The summed E-state index contributed by atoms with van der Waals surface area (Å²) in [4.78, 5) is 22.4. The van der Waals surface area contributed by atoms with Gasteiger partial charge in [-0.1, -0.05) is 31.0 Å². The predicted octanol–water partition coefficient (Wildman–Crippen LogP) is 2.96. The molecule has 6 heteroatoms. The molecule has 0 aliphatic carbocycles.